The fourth-order valence-corrected chi connectivity index (χ4v) is 3.14. The summed E-state index contributed by atoms with van der Waals surface area (Å²) < 4.78 is 6.65. The van der Waals surface area contributed by atoms with Crippen LogP contribution in [-0.2, 0) is 4.79 Å². The first-order chi connectivity index (χ1) is 11.7. The average Bonchev–Trinajstić information content (AvgIpc) is 2.97. The molecule has 0 radical (unpaired) electrons. The Morgan fingerprint density at radius 2 is 2.04 bits per heavy atom. The van der Waals surface area contributed by atoms with Crippen molar-refractivity contribution in [1.82, 2.24) is 10.3 Å². The molecule has 2 N–H and O–H groups in total. The van der Waals surface area contributed by atoms with E-state index in [1.165, 1.54) is 0 Å². The van der Waals surface area contributed by atoms with Crippen molar-refractivity contribution < 1.29 is 9.53 Å². The topological polar surface area (TPSA) is 63.2 Å². The number of rotatable bonds is 7. The van der Waals surface area contributed by atoms with Crippen molar-refractivity contribution in [1.29, 1.82) is 0 Å². The lowest BCUT2D eigenvalue weighted by Crippen LogP contribution is -2.32. The largest absolute Gasteiger partial charge is 0.492 e. The Kier molecular flexibility index (Phi) is 5.28. The lowest BCUT2D eigenvalue weighted by Gasteiger charge is -2.09. The molecule has 1 aromatic heterocycles. The molecule has 0 aliphatic rings. The second-order valence-corrected chi connectivity index (χ2v) is 6.52. The first-order valence-electron chi connectivity index (χ1n) is 7.76. The van der Waals surface area contributed by atoms with E-state index in [-0.39, 0.29) is 12.5 Å². The highest BCUT2D eigenvalue weighted by atomic mass is 32.1. The molecule has 0 saturated carbocycles. The van der Waals surface area contributed by atoms with Gasteiger partial charge in [-0.1, -0.05) is 18.2 Å². The third kappa shape index (κ3) is 4.45. The number of para-hydroxylation sites is 1. The normalized spacial score (nSPS) is 10.5. The number of nitrogens with one attached hydrogen (secondary N) is 2. The fourth-order valence-electron chi connectivity index (χ4n) is 2.27. The Morgan fingerprint density at radius 1 is 1.21 bits per heavy atom. The van der Waals surface area contributed by atoms with E-state index in [2.05, 4.69) is 15.6 Å². The minimum absolute atomic E-state index is 0.0627. The molecular weight excluding hydrogens is 322 g/mol. The van der Waals surface area contributed by atoms with E-state index in [0.717, 1.165) is 26.7 Å². The van der Waals surface area contributed by atoms with Gasteiger partial charge in [-0.25, -0.2) is 4.98 Å². The molecule has 6 heteroatoms. The van der Waals surface area contributed by atoms with Gasteiger partial charge in [-0.3, -0.25) is 4.79 Å². The van der Waals surface area contributed by atoms with Gasteiger partial charge in [0.2, 0.25) is 5.91 Å². The van der Waals surface area contributed by atoms with Gasteiger partial charge in [0.1, 0.15) is 12.4 Å². The molecule has 0 saturated heterocycles. The summed E-state index contributed by atoms with van der Waals surface area (Å²) >= 11 is 1.65. The zero-order valence-corrected chi connectivity index (χ0v) is 14.2. The minimum atomic E-state index is -0.0627. The molecule has 1 amide bonds. The maximum Gasteiger partial charge on any atom is 0.239 e. The molecule has 0 unspecified atom stereocenters. The van der Waals surface area contributed by atoms with Gasteiger partial charge in [0.25, 0.3) is 0 Å². The molecule has 0 fully saturated rings. The van der Waals surface area contributed by atoms with Gasteiger partial charge in [0.15, 0.2) is 0 Å². The van der Waals surface area contributed by atoms with Crippen LogP contribution in [0.3, 0.4) is 0 Å². The van der Waals surface area contributed by atoms with Crippen molar-refractivity contribution in [3.05, 3.63) is 53.5 Å². The Bertz CT molecular complexity index is 818. The van der Waals surface area contributed by atoms with Gasteiger partial charge >= 0.3 is 0 Å². The number of amides is 1. The standard InChI is InChI=1S/C18H19N3O2S/c1-13-21-16-8-7-14(11-17(16)24-13)20-12-18(22)19-9-10-23-15-5-3-2-4-6-15/h2-8,11,20H,9-10,12H2,1H3,(H,19,22). The number of hydrogen-bond donors (Lipinski definition) is 2. The van der Waals surface area contributed by atoms with E-state index >= 15 is 0 Å². The molecule has 124 valence electrons. The monoisotopic (exact) mass is 341 g/mol. The summed E-state index contributed by atoms with van der Waals surface area (Å²) in [5.41, 5.74) is 1.91. The molecule has 0 bridgehead atoms. The number of thiazole rings is 1. The van der Waals surface area contributed by atoms with Gasteiger partial charge in [-0.05, 0) is 37.3 Å². The number of nitrogens with zero attached hydrogens (tertiary/aromatic N) is 1. The highest BCUT2D eigenvalue weighted by Crippen LogP contribution is 2.24. The van der Waals surface area contributed by atoms with Crippen LogP contribution in [0.2, 0.25) is 0 Å². The number of hydrogen-bond acceptors (Lipinski definition) is 5. The van der Waals surface area contributed by atoms with Crippen LogP contribution < -0.4 is 15.4 Å². The highest BCUT2D eigenvalue weighted by Gasteiger charge is 2.04. The van der Waals surface area contributed by atoms with Crippen LogP contribution in [-0.4, -0.2) is 30.6 Å². The molecular formula is C18H19N3O2S. The molecule has 1 heterocycles. The van der Waals surface area contributed by atoms with Crippen molar-refractivity contribution in [2.45, 2.75) is 6.92 Å². The van der Waals surface area contributed by atoms with E-state index in [1.807, 2.05) is 55.5 Å². The summed E-state index contributed by atoms with van der Waals surface area (Å²) in [5.74, 6) is 0.741. The van der Waals surface area contributed by atoms with Crippen LogP contribution in [0.4, 0.5) is 5.69 Å². The van der Waals surface area contributed by atoms with E-state index in [4.69, 9.17) is 4.74 Å². The molecule has 3 rings (SSSR count). The van der Waals surface area contributed by atoms with Crippen LogP contribution in [0.5, 0.6) is 5.75 Å². The van der Waals surface area contributed by atoms with Crippen molar-refractivity contribution in [3.63, 3.8) is 0 Å². The Morgan fingerprint density at radius 3 is 2.88 bits per heavy atom. The quantitative estimate of drug-likeness (QED) is 0.648. The van der Waals surface area contributed by atoms with E-state index in [0.29, 0.717) is 13.2 Å². The van der Waals surface area contributed by atoms with E-state index in [1.54, 1.807) is 11.3 Å². The van der Waals surface area contributed by atoms with Crippen molar-refractivity contribution in [2.24, 2.45) is 0 Å². The fraction of sp³-hybridized carbons (Fsp3) is 0.222. The highest BCUT2D eigenvalue weighted by molar-refractivity contribution is 7.18. The minimum Gasteiger partial charge on any atom is -0.492 e. The molecule has 3 aromatic rings. The van der Waals surface area contributed by atoms with Crippen LogP contribution in [0.25, 0.3) is 10.2 Å². The molecule has 0 atom stereocenters. The second kappa shape index (κ2) is 7.79. The lowest BCUT2D eigenvalue weighted by molar-refractivity contribution is -0.119. The van der Waals surface area contributed by atoms with Gasteiger partial charge < -0.3 is 15.4 Å². The number of aryl methyl sites for hydroxylation is 1. The first kappa shape index (κ1) is 16.3. The van der Waals surface area contributed by atoms with Crippen LogP contribution in [0.15, 0.2) is 48.5 Å². The summed E-state index contributed by atoms with van der Waals surface area (Å²) in [6, 6.07) is 15.5. The van der Waals surface area contributed by atoms with Crippen LogP contribution in [0.1, 0.15) is 5.01 Å². The number of carbonyl (C=O) groups is 1. The first-order valence-corrected chi connectivity index (χ1v) is 8.58. The van der Waals surface area contributed by atoms with Crippen molar-refractivity contribution in [2.75, 3.05) is 25.0 Å². The summed E-state index contributed by atoms with van der Waals surface area (Å²) in [6.07, 6.45) is 0. The SMILES string of the molecule is Cc1nc2ccc(NCC(=O)NCCOc3ccccc3)cc2s1. The molecule has 0 aliphatic heterocycles. The zero-order chi connectivity index (χ0) is 16.8. The second-order valence-electron chi connectivity index (χ2n) is 5.28. The van der Waals surface area contributed by atoms with Crippen molar-refractivity contribution >= 4 is 33.1 Å². The molecule has 5 nitrogen and oxygen atoms in total. The predicted octanol–water partition coefficient (Wildman–Crippen LogP) is 3.21. The third-order valence-corrected chi connectivity index (χ3v) is 4.32. The van der Waals surface area contributed by atoms with Gasteiger partial charge in [-0.15, -0.1) is 11.3 Å². The maximum atomic E-state index is 11.9. The van der Waals surface area contributed by atoms with Gasteiger partial charge in [0, 0.05) is 5.69 Å². The third-order valence-electron chi connectivity index (χ3n) is 3.38. The summed E-state index contributed by atoms with van der Waals surface area (Å²) in [7, 11) is 0. The van der Waals surface area contributed by atoms with Crippen molar-refractivity contribution in [3.8, 4) is 5.75 Å². The number of anilines is 1. The molecule has 0 aliphatic carbocycles. The Labute approximate surface area is 144 Å². The van der Waals surface area contributed by atoms with E-state index < -0.39 is 0 Å². The van der Waals surface area contributed by atoms with Gasteiger partial charge in [-0.2, -0.15) is 0 Å². The predicted molar refractivity (Wildman–Crippen MR) is 97.8 cm³/mol. The Hall–Kier alpha value is -2.60. The smallest absolute Gasteiger partial charge is 0.239 e. The number of benzene rings is 2. The van der Waals surface area contributed by atoms with E-state index in [9.17, 15) is 4.79 Å². The summed E-state index contributed by atoms with van der Waals surface area (Å²) in [5, 5.41) is 7.00. The average molecular weight is 341 g/mol. The zero-order valence-electron chi connectivity index (χ0n) is 13.4. The lowest BCUT2D eigenvalue weighted by atomic mass is 10.3. The number of carbonyl (C=O) groups excluding carboxylic acids is 1. The molecule has 2 aromatic carbocycles. The Balaban J connectivity index is 1.40. The number of fused-ring (bicyclic) bond motifs is 1. The summed E-state index contributed by atoms with van der Waals surface area (Å²) in [6.45, 7) is 3.14. The number of aromatic nitrogens is 1. The maximum absolute atomic E-state index is 11.9. The van der Waals surface area contributed by atoms with Crippen LogP contribution in [0, 0.1) is 6.92 Å². The number of ether oxygens (including phenoxy) is 1. The summed E-state index contributed by atoms with van der Waals surface area (Å²) in [4.78, 5) is 16.3. The molecule has 0 spiro atoms. The molecule has 24 heavy (non-hydrogen) atoms. The van der Waals surface area contributed by atoms with Gasteiger partial charge in [0.05, 0.1) is 28.3 Å². The van der Waals surface area contributed by atoms with Crippen LogP contribution >= 0.6 is 11.3 Å².